The van der Waals surface area contributed by atoms with Crippen molar-refractivity contribution in [1.82, 2.24) is 4.90 Å². The van der Waals surface area contributed by atoms with Crippen LogP contribution in [0.4, 0.5) is 5.00 Å². The summed E-state index contributed by atoms with van der Waals surface area (Å²) in [5, 5.41) is 2.00. The van der Waals surface area contributed by atoms with Crippen LogP contribution in [-0.2, 0) is 38.3 Å². The first kappa shape index (κ1) is 32.2. The number of halogens is 4. The van der Waals surface area contributed by atoms with E-state index in [2.05, 4.69) is 5.32 Å². The second kappa shape index (κ2) is 13.5. The second-order valence-electron chi connectivity index (χ2n) is 9.98. The number of esters is 2. The van der Waals surface area contributed by atoms with Crippen LogP contribution in [0.15, 0.2) is 30.3 Å². The number of amides is 3. The Morgan fingerprint density at radius 2 is 1.52 bits per heavy atom. The number of hydrogen-bond acceptors (Lipinski definition) is 8. The number of rotatable bonds is 9. The van der Waals surface area contributed by atoms with Crippen molar-refractivity contribution in [1.29, 1.82) is 0 Å². The first-order valence-corrected chi connectivity index (χ1v) is 15.9. The number of carbonyl (C=O) groups excluding carboxylic acids is 5. The van der Waals surface area contributed by atoms with Crippen LogP contribution in [0.2, 0.25) is 20.1 Å². The van der Waals surface area contributed by atoms with Crippen molar-refractivity contribution in [3.8, 4) is 0 Å². The minimum atomic E-state index is -1.49. The molecule has 230 valence electrons. The highest BCUT2D eigenvalue weighted by Crippen LogP contribution is 2.45. The standard InChI is InChI=1S/C30H24Cl4N2O7S/c1-2-42-30(41)19-15-10-6-7-11-17(15)44-26(19)35-18(37)13-43-29(40)16(12-14-8-4-3-5-9-14)36-27(38)20-21(28(36)39)23(32)25(34)24(33)22(20)31/h3-5,8-9,16H,2,6-7,10-13H2,1H3,(H,35,37). The smallest absolute Gasteiger partial charge is 0.341 e. The number of thiophene rings is 1. The predicted molar refractivity (Wildman–Crippen MR) is 167 cm³/mol. The summed E-state index contributed by atoms with van der Waals surface area (Å²) < 4.78 is 10.6. The van der Waals surface area contributed by atoms with E-state index in [1.807, 2.05) is 0 Å². The summed E-state index contributed by atoms with van der Waals surface area (Å²) >= 11 is 26.1. The average Bonchev–Trinajstić information content (AvgIpc) is 3.50. The fraction of sp³-hybridized carbons (Fsp3) is 0.300. The van der Waals surface area contributed by atoms with Crippen LogP contribution in [0, 0.1) is 0 Å². The summed E-state index contributed by atoms with van der Waals surface area (Å²) in [5.74, 6) is -4.11. The van der Waals surface area contributed by atoms with Crippen LogP contribution < -0.4 is 5.32 Å². The van der Waals surface area contributed by atoms with Crippen LogP contribution in [0.5, 0.6) is 0 Å². The van der Waals surface area contributed by atoms with Gasteiger partial charge in [-0.1, -0.05) is 76.7 Å². The molecule has 0 spiro atoms. The molecule has 3 amide bonds. The molecular weight excluding hydrogens is 674 g/mol. The van der Waals surface area contributed by atoms with Crippen molar-refractivity contribution < 1.29 is 33.4 Å². The van der Waals surface area contributed by atoms with E-state index in [0.29, 0.717) is 27.4 Å². The minimum Gasteiger partial charge on any atom is -0.462 e. The Kier molecular flexibility index (Phi) is 9.86. The Labute approximate surface area is 276 Å². The summed E-state index contributed by atoms with van der Waals surface area (Å²) in [7, 11) is 0. The number of nitrogens with one attached hydrogen (secondary N) is 1. The lowest BCUT2D eigenvalue weighted by molar-refractivity contribution is -0.151. The maximum atomic E-state index is 13.5. The number of imide groups is 1. The number of aryl methyl sites for hydroxylation is 1. The van der Waals surface area contributed by atoms with E-state index in [-0.39, 0.29) is 44.2 Å². The fourth-order valence-corrected chi connectivity index (χ4v) is 7.54. The molecule has 0 radical (unpaired) electrons. The number of anilines is 1. The van der Waals surface area contributed by atoms with Crippen molar-refractivity contribution in [3.05, 3.63) is 83.1 Å². The van der Waals surface area contributed by atoms with Crippen LogP contribution in [0.1, 0.15) is 66.8 Å². The van der Waals surface area contributed by atoms with Crippen LogP contribution in [0.25, 0.3) is 0 Å². The molecule has 0 fully saturated rings. The van der Waals surface area contributed by atoms with Gasteiger partial charge in [-0.3, -0.25) is 19.3 Å². The average molecular weight is 698 g/mol. The highest BCUT2D eigenvalue weighted by Gasteiger charge is 2.47. The van der Waals surface area contributed by atoms with Crippen molar-refractivity contribution in [2.45, 2.75) is 45.1 Å². The summed E-state index contributed by atoms with van der Waals surface area (Å²) in [6, 6.07) is 7.12. The first-order chi connectivity index (χ1) is 21.0. The molecule has 0 saturated heterocycles. The number of nitrogens with zero attached hydrogens (tertiary/aromatic N) is 1. The van der Waals surface area contributed by atoms with Gasteiger partial charge in [-0.05, 0) is 43.7 Å². The molecule has 1 aromatic heterocycles. The molecule has 1 atom stereocenters. The zero-order valence-corrected chi connectivity index (χ0v) is 27.0. The van der Waals surface area contributed by atoms with Crippen LogP contribution in [0.3, 0.4) is 0 Å². The largest absolute Gasteiger partial charge is 0.462 e. The Morgan fingerprint density at radius 1 is 0.909 bits per heavy atom. The second-order valence-corrected chi connectivity index (χ2v) is 12.6. The van der Waals surface area contributed by atoms with E-state index in [1.165, 1.54) is 11.3 Å². The summed E-state index contributed by atoms with van der Waals surface area (Å²) in [6.45, 7) is 1.11. The third kappa shape index (κ3) is 6.06. The molecule has 1 N–H and O–H groups in total. The molecule has 1 aliphatic heterocycles. The Morgan fingerprint density at radius 3 is 2.14 bits per heavy atom. The molecule has 44 heavy (non-hydrogen) atoms. The van der Waals surface area contributed by atoms with Gasteiger partial charge in [0.15, 0.2) is 6.61 Å². The molecule has 9 nitrogen and oxygen atoms in total. The lowest BCUT2D eigenvalue weighted by Gasteiger charge is -2.24. The number of fused-ring (bicyclic) bond motifs is 2. The summed E-state index contributed by atoms with van der Waals surface area (Å²) in [6.07, 6.45) is 3.22. The van der Waals surface area contributed by atoms with E-state index in [9.17, 15) is 24.0 Å². The number of carbonyl (C=O) groups is 5. The summed E-state index contributed by atoms with van der Waals surface area (Å²) in [5.41, 5.74) is 1.20. The SMILES string of the molecule is CCOC(=O)c1c(NC(=O)COC(=O)C(Cc2ccccc2)N2C(=O)c3c(Cl)c(Cl)c(Cl)c(Cl)c3C2=O)sc2c1CCCC2. The highest BCUT2D eigenvalue weighted by atomic mass is 35.5. The van der Waals surface area contributed by atoms with Crippen molar-refractivity contribution >= 4 is 92.4 Å². The van der Waals surface area contributed by atoms with Gasteiger partial charge in [-0.15, -0.1) is 11.3 Å². The normalized spacial score (nSPS) is 14.6. The molecular formula is C30H24Cl4N2O7S. The van der Waals surface area contributed by atoms with E-state index in [0.717, 1.165) is 29.7 Å². The lowest BCUT2D eigenvalue weighted by atomic mass is 9.95. The predicted octanol–water partition coefficient (Wildman–Crippen LogP) is 6.81. The third-order valence-corrected chi connectivity index (χ3v) is 10.2. The minimum absolute atomic E-state index is 0.131. The van der Waals surface area contributed by atoms with Gasteiger partial charge in [0.1, 0.15) is 11.0 Å². The van der Waals surface area contributed by atoms with E-state index < -0.39 is 42.3 Å². The molecule has 1 aliphatic carbocycles. The highest BCUT2D eigenvalue weighted by molar-refractivity contribution is 7.17. The van der Waals surface area contributed by atoms with Gasteiger partial charge in [0.05, 0.1) is 43.4 Å². The number of benzene rings is 2. The molecule has 2 aliphatic rings. The maximum absolute atomic E-state index is 13.5. The zero-order valence-electron chi connectivity index (χ0n) is 23.1. The van der Waals surface area contributed by atoms with Gasteiger partial charge in [-0.2, -0.15) is 0 Å². The van der Waals surface area contributed by atoms with Gasteiger partial charge in [0.2, 0.25) is 0 Å². The third-order valence-electron chi connectivity index (χ3n) is 7.24. The van der Waals surface area contributed by atoms with E-state index in [4.69, 9.17) is 55.9 Å². The number of ether oxygens (including phenoxy) is 2. The quantitative estimate of drug-likeness (QED) is 0.113. The molecule has 0 saturated carbocycles. The molecule has 1 unspecified atom stereocenters. The molecule has 5 rings (SSSR count). The molecule has 2 aromatic carbocycles. The van der Waals surface area contributed by atoms with E-state index in [1.54, 1.807) is 37.3 Å². The number of hydrogen-bond donors (Lipinski definition) is 1. The summed E-state index contributed by atoms with van der Waals surface area (Å²) in [4.78, 5) is 68.0. The van der Waals surface area contributed by atoms with E-state index >= 15 is 0 Å². The lowest BCUT2D eigenvalue weighted by Crippen LogP contribution is -2.47. The Hall–Kier alpha value is -3.15. The van der Waals surface area contributed by atoms with Gasteiger partial charge in [0, 0.05) is 11.3 Å². The molecule has 3 aromatic rings. The van der Waals surface area contributed by atoms with Gasteiger partial charge in [-0.25, -0.2) is 9.59 Å². The molecule has 2 heterocycles. The zero-order chi connectivity index (χ0) is 31.7. The maximum Gasteiger partial charge on any atom is 0.341 e. The van der Waals surface area contributed by atoms with Crippen LogP contribution >= 0.6 is 57.7 Å². The van der Waals surface area contributed by atoms with Crippen molar-refractivity contribution in [2.75, 3.05) is 18.5 Å². The first-order valence-electron chi connectivity index (χ1n) is 13.6. The van der Waals surface area contributed by atoms with Crippen molar-refractivity contribution in [3.63, 3.8) is 0 Å². The van der Waals surface area contributed by atoms with Gasteiger partial charge < -0.3 is 14.8 Å². The van der Waals surface area contributed by atoms with Crippen molar-refractivity contribution in [2.24, 2.45) is 0 Å². The van der Waals surface area contributed by atoms with Gasteiger partial charge >= 0.3 is 11.9 Å². The van der Waals surface area contributed by atoms with Crippen LogP contribution in [-0.4, -0.2) is 53.8 Å². The fourth-order valence-electron chi connectivity index (χ4n) is 5.24. The molecule has 14 heteroatoms. The Balaban J connectivity index is 1.39. The van der Waals surface area contributed by atoms with Gasteiger partial charge in [0.25, 0.3) is 17.7 Å². The monoisotopic (exact) mass is 696 g/mol. The topological polar surface area (TPSA) is 119 Å². The Bertz CT molecular complexity index is 1650. The molecule has 0 bridgehead atoms.